The lowest BCUT2D eigenvalue weighted by Crippen LogP contribution is -2.23. The summed E-state index contributed by atoms with van der Waals surface area (Å²) in [5, 5.41) is 4.14. The van der Waals surface area contributed by atoms with E-state index in [2.05, 4.69) is 10.1 Å². The molecular weight excluding hydrogens is 192 g/mol. The lowest BCUT2D eigenvalue weighted by Gasteiger charge is -1.98. The Morgan fingerprint density at radius 1 is 1.47 bits per heavy atom. The Morgan fingerprint density at radius 3 is 2.80 bits per heavy atom. The molecule has 5 nitrogen and oxygen atoms in total. The normalized spacial score (nSPS) is 10.5. The van der Waals surface area contributed by atoms with E-state index < -0.39 is 0 Å². The van der Waals surface area contributed by atoms with Crippen molar-refractivity contribution in [3.05, 3.63) is 46.4 Å². The van der Waals surface area contributed by atoms with Crippen LogP contribution in [0.4, 0.5) is 0 Å². The number of aryl methyl sites for hydroxylation is 1. The molecule has 0 aliphatic carbocycles. The van der Waals surface area contributed by atoms with Crippen molar-refractivity contribution in [1.82, 2.24) is 19.3 Å². The van der Waals surface area contributed by atoms with Gasteiger partial charge in [-0.25, -0.2) is 9.48 Å². The zero-order valence-electron chi connectivity index (χ0n) is 8.71. The van der Waals surface area contributed by atoms with E-state index in [1.54, 1.807) is 26.4 Å². The SMILES string of the molecule is Cc1nn(Cc2cccnc2)c(=O)n1C. The van der Waals surface area contributed by atoms with Crippen LogP contribution in [0.15, 0.2) is 29.3 Å². The minimum atomic E-state index is -0.101. The first-order valence-corrected chi connectivity index (χ1v) is 4.68. The summed E-state index contributed by atoms with van der Waals surface area (Å²) >= 11 is 0. The fourth-order valence-electron chi connectivity index (χ4n) is 1.36. The van der Waals surface area contributed by atoms with E-state index in [0.29, 0.717) is 12.4 Å². The first kappa shape index (κ1) is 9.64. The maximum absolute atomic E-state index is 11.6. The molecule has 0 bridgehead atoms. The lowest BCUT2D eigenvalue weighted by molar-refractivity contribution is 0.644. The van der Waals surface area contributed by atoms with Gasteiger partial charge in [-0.1, -0.05) is 6.07 Å². The number of rotatable bonds is 2. The molecule has 0 radical (unpaired) electrons. The molecule has 78 valence electrons. The Hall–Kier alpha value is -1.91. The average molecular weight is 204 g/mol. The van der Waals surface area contributed by atoms with Gasteiger partial charge in [0.25, 0.3) is 0 Å². The van der Waals surface area contributed by atoms with Crippen LogP contribution in [0.3, 0.4) is 0 Å². The van der Waals surface area contributed by atoms with Crippen molar-refractivity contribution in [3.63, 3.8) is 0 Å². The fourth-order valence-corrected chi connectivity index (χ4v) is 1.36. The van der Waals surface area contributed by atoms with Gasteiger partial charge in [0.2, 0.25) is 0 Å². The minimum absolute atomic E-state index is 0.101. The second-order valence-electron chi connectivity index (χ2n) is 3.41. The largest absolute Gasteiger partial charge is 0.345 e. The monoisotopic (exact) mass is 204 g/mol. The third-order valence-electron chi connectivity index (χ3n) is 2.31. The molecule has 0 unspecified atom stereocenters. The molecule has 15 heavy (non-hydrogen) atoms. The maximum atomic E-state index is 11.6. The summed E-state index contributed by atoms with van der Waals surface area (Å²) in [5.74, 6) is 0.712. The molecule has 2 rings (SSSR count). The predicted octanol–water partition coefficient (Wildman–Crippen LogP) is 0.334. The number of nitrogens with zero attached hydrogens (tertiary/aromatic N) is 4. The molecule has 0 aromatic carbocycles. The van der Waals surface area contributed by atoms with Gasteiger partial charge in [0.15, 0.2) is 0 Å². The van der Waals surface area contributed by atoms with Crippen molar-refractivity contribution in [2.75, 3.05) is 0 Å². The van der Waals surface area contributed by atoms with Crippen LogP contribution in [0.25, 0.3) is 0 Å². The first-order chi connectivity index (χ1) is 7.18. The summed E-state index contributed by atoms with van der Waals surface area (Å²) in [6, 6.07) is 3.76. The number of hydrogen-bond acceptors (Lipinski definition) is 3. The maximum Gasteiger partial charge on any atom is 0.345 e. The van der Waals surface area contributed by atoms with Gasteiger partial charge in [-0.15, -0.1) is 0 Å². The third kappa shape index (κ3) is 1.81. The minimum Gasteiger partial charge on any atom is -0.282 e. The van der Waals surface area contributed by atoms with Crippen LogP contribution < -0.4 is 5.69 Å². The standard InChI is InChI=1S/C10H12N4O/c1-8-12-14(10(15)13(8)2)7-9-4-3-5-11-6-9/h3-6H,7H2,1-2H3. The van der Waals surface area contributed by atoms with Gasteiger partial charge in [0.1, 0.15) is 5.82 Å². The Kier molecular flexibility index (Phi) is 2.37. The van der Waals surface area contributed by atoms with Gasteiger partial charge >= 0.3 is 5.69 Å². The summed E-state index contributed by atoms with van der Waals surface area (Å²) in [5.41, 5.74) is 0.869. The van der Waals surface area contributed by atoms with Crippen LogP contribution in [-0.4, -0.2) is 19.3 Å². The van der Waals surface area contributed by atoms with Gasteiger partial charge in [-0.05, 0) is 18.6 Å². The van der Waals surface area contributed by atoms with Gasteiger partial charge in [-0.2, -0.15) is 5.10 Å². The van der Waals surface area contributed by atoms with Crippen molar-refractivity contribution in [2.24, 2.45) is 7.05 Å². The molecule has 0 amide bonds. The molecule has 0 saturated carbocycles. The quantitative estimate of drug-likeness (QED) is 0.708. The van der Waals surface area contributed by atoms with E-state index >= 15 is 0 Å². The number of pyridine rings is 1. The van der Waals surface area contributed by atoms with Crippen molar-refractivity contribution in [2.45, 2.75) is 13.5 Å². The molecule has 0 N–H and O–H groups in total. The molecule has 0 saturated heterocycles. The van der Waals surface area contributed by atoms with Gasteiger partial charge in [-0.3, -0.25) is 9.55 Å². The summed E-state index contributed by atoms with van der Waals surface area (Å²) in [6.07, 6.45) is 3.44. The number of hydrogen-bond donors (Lipinski definition) is 0. The zero-order chi connectivity index (χ0) is 10.8. The molecule has 2 heterocycles. The van der Waals surface area contributed by atoms with E-state index in [1.807, 2.05) is 12.1 Å². The zero-order valence-corrected chi connectivity index (χ0v) is 8.71. The van der Waals surface area contributed by atoms with Gasteiger partial charge in [0.05, 0.1) is 6.54 Å². The Labute approximate surface area is 87.0 Å². The van der Waals surface area contributed by atoms with Crippen LogP contribution in [0.5, 0.6) is 0 Å². The van der Waals surface area contributed by atoms with Crippen LogP contribution in [0.1, 0.15) is 11.4 Å². The predicted molar refractivity (Wildman–Crippen MR) is 55.5 cm³/mol. The summed E-state index contributed by atoms with van der Waals surface area (Å²) < 4.78 is 2.96. The molecular formula is C10H12N4O. The highest BCUT2D eigenvalue weighted by atomic mass is 16.2. The highest BCUT2D eigenvalue weighted by molar-refractivity contribution is 5.08. The van der Waals surface area contributed by atoms with Crippen molar-refractivity contribution >= 4 is 0 Å². The summed E-state index contributed by atoms with van der Waals surface area (Å²) in [7, 11) is 1.71. The highest BCUT2D eigenvalue weighted by Gasteiger charge is 2.06. The second kappa shape index (κ2) is 3.68. The third-order valence-corrected chi connectivity index (χ3v) is 2.31. The second-order valence-corrected chi connectivity index (χ2v) is 3.41. The van der Waals surface area contributed by atoms with E-state index in [4.69, 9.17) is 0 Å². The topological polar surface area (TPSA) is 52.7 Å². The molecule has 2 aromatic heterocycles. The average Bonchev–Trinajstić information content (AvgIpc) is 2.48. The van der Waals surface area contributed by atoms with Crippen molar-refractivity contribution in [1.29, 1.82) is 0 Å². The van der Waals surface area contributed by atoms with E-state index in [-0.39, 0.29) is 5.69 Å². The van der Waals surface area contributed by atoms with Crippen LogP contribution in [-0.2, 0) is 13.6 Å². The Balaban J connectivity index is 2.33. The van der Waals surface area contributed by atoms with E-state index in [9.17, 15) is 4.79 Å². The van der Waals surface area contributed by atoms with E-state index in [0.717, 1.165) is 5.56 Å². The molecule has 0 spiro atoms. The van der Waals surface area contributed by atoms with Crippen molar-refractivity contribution in [3.8, 4) is 0 Å². The molecule has 0 fully saturated rings. The Bertz CT molecular complexity index is 512. The van der Waals surface area contributed by atoms with Crippen molar-refractivity contribution < 1.29 is 0 Å². The molecule has 0 aliphatic heterocycles. The fraction of sp³-hybridized carbons (Fsp3) is 0.300. The smallest absolute Gasteiger partial charge is 0.282 e. The molecule has 5 heteroatoms. The summed E-state index contributed by atoms with van der Waals surface area (Å²) in [6.45, 7) is 2.27. The van der Waals surface area contributed by atoms with E-state index in [1.165, 1.54) is 9.25 Å². The lowest BCUT2D eigenvalue weighted by atomic mass is 10.3. The van der Waals surface area contributed by atoms with Gasteiger partial charge in [0, 0.05) is 19.4 Å². The van der Waals surface area contributed by atoms with Gasteiger partial charge < -0.3 is 0 Å². The summed E-state index contributed by atoms with van der Waals surface area (Å²) in [4.78, 5) is 15.6. The van der Waals surface area contributed by atoms with Crippen LogP contribution in [0.2, 0.25) is 0 Å². The number of aromatic nitrogens is 4. The first-order valence-electron chi connectivity index (χ1n) is 4.68. The molecule has 0 aliphatic rings. The van der Waals surface area contributed by atoms with Crippen LogP contribution >= 0.6 is 0 Å². The molecule has 0 atom stereocenters. The highest BCUT2D eigenvalue weighted by Crippen LogP contribution is 1.97. The molecule has 2 aromatic rings. The van der Waals surface area contributed by atoms with Crippen LogP contribution in [0, 0.1) is 6.92 Å². The Morgan fingerprint density at radius 2 is 2.27 bits per heavy atom.